The molecule has 42 heavy (non-hydrogen) atoms. The summed E-state index contributed by atoms with van der Waals surface area (Å²) in [6, 6.07) is 9.64. The van der Waals surface area contributed by atoms with E-state index in [1.54, 1.807) is 11.3 Å². The number of fused-ring (bicyclic) bond motifs is 1. The Balaban J connectivity index is 0.000000603. The number of carboxylic acids is 2. The van der Waals surface area contributed by atoms with Gasteiger partial charge in [-0.3, -0.25) is 9.69 Å². The molecule has 0 bridgehead atoms. The van der Waals surface area contributed by atoms with Crippen LogP contribution >= 0.6 is 11.3 Å². The monoisotopic (exact) mass is 600 g/mol. The number of aromatic amines is 1. The van der Waals surface area contributed by atoms with Gasteiger partial charge in [0.1, 0.15) is 6.04 Å². The molecule has 11 nitrogen and oxygen atoms in total. The minimum absolute atomic E-state index is 0. The summed E-state index contributed by atoms with van der Waals surface area (Å²) in [4.78, 5) is 52.5. The summed E-state index contributed by atoms with van der Waals surface area (Å²) in [5, 5.41) is 21.7. The number of carboxylic acid groups (broad SMARTS) is 2. The van der Waals surface area contributed by atoms with Gasteiger partial charge in [0, 0.05) is 40.7 Å². The highest BCUT2D eigenvalue weighted by Crippen LogP contribution is 2.23. The molecule has 0 saturated carbocycles. The van der Waals surface area contributed by atoms with Gasteiger partial charge in [0.15, 0.2) is 0 Å². The van der Waals surface area contributed by atoms with Gasteiger partial charge in [0.05, 0.1) is 6.54 Å². The molecule has 1 unspecified atom stereocenters. The lowest BCUT2D eigenvalue weighted by atomic mass is 10.0. The average Bonchev–Trinajstić information content (AvgIpc) is 3.67. The van der Waals surface area contributed by atoms with Crippen molar-refractivity contribution >= 4 is 46.1 Å². The van der Waals surface area contributed by atoms with Crippen LogP contribution in [0.5, 0.6) is 0 Å². The third-order valence-electron chi connectivity index (χ3n) is 6.70. The topological polar surface area (TPSA) is 175 Å². The van der Waals surface area contributed by atoms with Crippen LogP contribution in [0.4, 0.5) is 4.79 Å². The highest BCUT2D eigenvalue weighted by atomic mass is 32.1. The van der Waals surface area contributed by atoms with Crippen molar-refractivity contribution in [3.05, 3.63) is 70.1 Å². The molecule has 0 radical (unpaired) electrons. The number of aryl methyl sites for hydroxylation is 1. The number of carbonyl (C=O) groups excluding carboxylic acids is 2. The summed E-state index contributed by atoms with van der Waals surface area (Å²) in [7, 11) is 0. The van der Waals surface area contributed by atoms with Gasteiger partial charge in [0.2, 0.25) is 0 Å². The third kappa shape index (κ3) is 10.1. The van der Waals surface area contributed by atoms with E-state index >= 15 is 0 Å². The number of thiophene rings is 1. The number of rotatable bonds is 14. The van der Waals surface area contributed by atoms with Gasteiger partial charge in [-0.2, -0.15) is 0 Å². The van der Waals surface area contributed by atoms with Crippen LogP contribution in [-0.2, 0) is 33.8 Å². The number of H-pyrrole nitrogens is 1. The van der Waals surface area contributed by atoms with Crippen molar-refractivity contribution in [3.8, 4) is 0 Å². The van der Waals surface area contributed by atoms with Crippen LogP contribution < -0.4 is 5.32 Å². The second kappa shape index (κ2) is 17.1. The molecule has 1 aromatic carbocycles. The van der Waals surface area contributed by atoms with Crippen LogP contribution in [0.25, 0.3) is 10.9 Å². The van der Waals surface area contributed by atoms with Gasteiger partial charge in [-0.1, -0.05) is 26.0 Å². The number of benzene rings is 1. The standard InChI is InChI=1S/C26H34N4O2S.C4H4O4.H2O/c1-3-12-29(13-4-2)14-11-20-17-27-23-9-7-19(16-22(20)23)8-10-24-25(31)30(26(32)28-24)18-21-6-5-15-33-21;5-3(6)1-2-4(7)8;/h5-7,9,15-17,24,27H,3-4,8,10-14,18H2,1-2H3,(H,28,32);1-2H,(H,5,6)(H,7,8);1H2/b;2-1-;. The molecule has 228 valence electrons. The maximum absolute atomic E-state index is 12.8. The zero-order valence-corrected chi connectivity index (χ0v) is 24.8. The SMILES string of the molecule is CCCN(CCC)CCc1c[nH]c2ccc(CCC3NC(=O)N(Cc4cccs4)C3=O)cc12.O.O=C(O)/C=C\C(=O)O. The van der Waals surface area contributed by atoms with Crippen LogP contribution in [-0.4, -0.2) is 80.0 Å². The summed E-state index contributed by atoms with van der Waals surface area (Å²) in [6.07, 6.45) is 7.99. The van der Waals surface area contributed by atoms with E-state index in [1.807, 2.05) is 17.5 Å². The molecule has 0 aliphatic carbocycles. The van der Waals surface area contributed by atoms with Gasteiger partial charge < -0.3 is 30.9 Å². The lowest BCUT2D eigenvalue weighted by molar-refractivity contribution is -0.134. The van der Waals surface area contributed by atoms with Crippen molar-refractivity contribution in [3.63, 3.8) is 0 Å². The fraction of sp³-hybridized carbons (Fsp3) is 0.400. The Bertz CT molecular complexity index is 1330. The summed E-state index contributed by atoms with van der Waals surface area (Å²) in [5.74, 6) is -2.64. The number of imide groups is 1. The molecule has 3 aromatic rings. The zero-order valence-electron chi connectivity index (χ0n) is 24.0. The van der Waals surface area contributed by atoms with Gasteiger partial charge in [-0.15, -0.1) is 11.3 Å². The van der Waals surface area contributed by atoms with E-state index in [0.29, 0.717) is 25.1 Å². The van der Waals surface area contributed by atoms with Crippen LogP contribution in [0.15, 0.2) is 54.1 Å². The molecular weight excluding hydrogens is 560 g/mol. The molecule has 1 saturated heterocycles. The van der Waals surface area contributed by atoms with Crippen molar-refractivity contribution in [2.24, 2.45) is 0 Å². The average molecular weight is 601 g/mol. The van der Waals surface area contributed by atoms with Crippen molar-refractivity contribution in [1.29, 1.82) is 0 Å². The number of aromatic nitrogens is 1. The molecule has 4 rings (SSSR count). The van der Waals surface area contributed by atoms with E-state index in [9.17, 15) is 19.2 Å². The Kier molecular flexibility index (Phi) is 13.9. The van der Waals surface area contributed by atoms with Crippen molar-refractivity contribution in [2.45, 2.75) is 58.5 Å². The molecule has 1 aliphatic heterocycles. The molecule has 12 heteroatoms. The maximum Gasteiger partial charge on any atom is 0.328 e. The zero-order chi connectivity index (χ0) is 29.8. The molecule has 2 aromatic heterocycles. The molecule has 3 amide bonds. The minimum atomic E-state index is -1.26. The quantitative estimate of drug-likeness (QED) is 0.161. The number of amides is 3. The number of hydrogen-bond acceptors (Lipinski definition) is 6. The fourth-order valence-corrected chi connectivity index (χ4v) is 5.46. The van der Waals surface area contributed by atoms with Crippen molar-refractivity contribution in [1.82, 2.24) is 20.1 Å². The van der Waals surface area contributed by atoms with Gasteiger partial charge >= 0.3 is 18.0 Å². The van der Waals surface area contributed by atoms with Gasteiger partial charge in [-0.25, -0.2) is 14.4 Å². The Morgan fingerprint density at radius 1 is 1.02 bits per heavy atom. The Labute approximate surface area is 249 Å². The number of nitrogens with zero attached hydrogens (tertiary/aromatic N) is 2. The predicted molar refractivity (Wildman–Crippen MR) is 163 cm³/mol. The van der Waals surface area contributed by atoms with Crippen molar-refractivity contribution in [2.75, 3.05) is 19.6 Å². The molecule has 1 fully saturated rings. The maximum atomic E-state index is 12.8. The number of carbonyl (C=O) groups is 4. The summed E-state index contributed by atoms with van der Waals surface area (Å²) in [6.45, 7) is 8.18. The van der Waals surface area contributed by atoms with Crippen LogP contribution in [0.1, 0.15) is 49.1 Å². The Morgan fingerprint density at radius 2 is 1.71 bits per heavy atom. The molecule has 6 N–H and O–H groups in total. The molecule has 1 aliphatic rings. The summed E-state index contributed by atoms with van der Waals surface area (Å²) in [5.41, 5.74) is 3.69. The van der Waals surface area contributed by atoms with Gasteiger partial charge in [-0.05, 0) is 79.9 Å². The second-order valence-electron chi connectivity index (χ2n) is 9.84. The molecule has 1 atom stereocenters. The van der Waals surface area contributed by atoms with Crippen LogP contribution in [0.3, 0.4) is 0 Å². The van der Waals surface area contributed by atoms with E-state index in [4.69, 9.17) is 10.2 Å². The Morgan fingerprint density at radius 3 is 2.31 bits per heavy atom. The van der Waals surface area contributed by atoms with Crippen LogP contribution in [0.2, 0.25) is 0 Å². The van der Waals surface area contributed by atoms with E-state index in [0.717, 1.165) is 42.9 Å². The highest BCUT2D eigenvalue weighted by Gasteiger charge is 2.37. The predicted octanol–water partition coefficient (Wildman–Crippen LogP) is 3.83. The lowest BCUT2D eigenvalue weighted by Crippen LogP contribution is -2.30. The normalized spacial score (nSPS) is 14.6. The fourth-order valence-electron chi connectivity index (χ4n) is 4.77. The lowest BCUT2D eigenvalue weighted by Gasteiger charge is -2.20. The van der Waals surface area contributed by atoms with Crippen molar-refractivity contribution < 1.29 is 34.9 Å². The highest BCUT2D eigenvalue weighted by molar-refractivity contribution is 7.09. The first-order valence-corrected chi connectivity index (χ1v) is 14.7. The first kappa shape index (κ1) is 34.2. The number of hydrogen-bond donors (Lipinski definition) is 4. The first-order valence-electron chi connectivity index (χ1n) is 13.8. The minimum Gasteiger partial charge on any atom is -0.478 e. The van der Waals surface area contributed by atoms with Gasteiger partial charge in [0.25, 0.3) is 5.91 Å². The number of aliphatic carboxylic acids is 2. The largest absolute Gasteiger partial charge is 0.478 e. The molecule has 3 heterocycles. The Hall–Kier alpha value is -4.00. The van der Waals surface area contributed by atoms with E-state index in [1.165, 1.54) is 34.3 Å². The van der Waals surface area contributed by atoms with Crippen LogP contribution in [0, 0.1) is 0 Å². The smallest absolute Gasteiger partial charge is 0.328 e. The third-order valence-corrected chi connectivity index (χ3v) is 7.56. The molecule has 0 spiro atoms. The number of nitrogens with one attached hydrogen (secondary N) is 2. The first-order chi connectivity index (χ1) is 19.7. The number of urea groups is 1. The van der Waals surface area contributed by atoms with E-state index in [-0.39, 0.29) is 17.4 Å². The second-order valence-corrected chi connectivity index (χ2v) is 10.9. The van der Waals surface area contributed by atoms with E-state index < -0.39 is 18.0 Å². The molecular formula is C30H40N4O7S. The summed E-state index contributed by atoms with van der Waals surface area (Å²) < 4.78 is 0. The van der Waals surface area contributed by atoms with E-state index in [2.05, 4.69) is 53.4 Å². The summed E-state index contributed by atoms with van der Waals surface area (Å²) >= 11 is 1.56.